The predicted octanol–water partition coefficient (Wildman–Crippen LogP) is 2.21. The molecule has 0 spiro atoms. The summed E-state index contributed by atoms with van der Waals surface area (Å²) in [5, 5.41) is 8.68. The summed E-state index contributed by atoms with van der Waals surface area (Å²) in [6.45, 7) is 0. The zero-order valence-electron chi connectivity index (χ0n) is 6.90. The van der Waals surface area contributed by atoms with E-state index in [0.29, 0.717) is 6.42 Å². The summed E-state index contributed by atoms with van der Waals surface area (Å²) in [7, 11) is 0. The van der Waals surface area contributed by atoms with Crippen molar-refractivity contribution in [3.8, 4) is 0 Å². The number of hydrogen-bond donors (Lipinski definition) is 1. The van der Waals surface area contributed by atoms with Gasteiger partial charge < -0.3 is 5.11 Å². The maximum atomic E-state index is 12.6. The van der Waals surface area contributed by atoms with Crippen molar-refractivity contribution in [3.05, 3.63) is 35.4 Å². The van der Waals surface area contributed by atoms with Crippen LogP contribution in [0.5, 0.6) is 0 Å². The molecule has 0 bridgehead atoms. The van der Waals surface area contributed by atoms with Gasteiger partial charge in [-0.2, -0.15) is 0 Å². The third kappa shape index (κ3) is 1.54. The van der Waals surface area contributed by atoms with Crippen LogP contribution in [0.3, 0.4) is 0 Å². The van der Waals surface area contributed by atoms with Crippen molar-refractivity contribution in [2.24, 2.45) is 0 Å². The molecule has 1 aromatic carbocycles. The van der Waals surface area contributed by atoms with E-state index in [4.69, 9.17) is 5.11 Å². The van der Waals surface area contributed by atoms with Crippen LogP contribution in [0.4, 0.5) is 4.39 Å². The number of carboxylic acids is 1. The second-order valence-electron chi connectivity index (χ2n) is 3.29. The molecule has 2 rings (SSSR count). The van der Waals surface area contributed by atoms with E-state index in [1.165, 1.54) is 6.07 Å². The lowest BCUT2D eigenvalue weighted by Gasteiger charge is -1.98. The highest BCUT2D eigenvalue weighted by Gasteiger charge is 2.38. The lowest BCUT2D eigenvalue weighted by molar-refractivity contribution is 0.0696. The van der Waals surface area contributed by atoms with Crippen LogP contribution in [0.2, 0.25) is 0 Å². The fourth-order valence-corrected chi connectivity index (χ4v) is 1.41. The van der Waals surface area contributed by atoms with E-state index in [1.54, 1.807) is 18.2 Å². The summed E-state index contributed by atoms with van der Waals surface area (Å²) in [5.74, 6) is -1.03. The van der Waals surface area contributed by atoms with E-state index in [9.17, 15) is 9.18 Å². The summed E-state index contributed by atoms with van der Waals surface area (Å²) in [6, 6.07) is 6.49. The Hall–Kier alpha value is -1.38. The van der Waals surface area contributed by atoms with Crippen molar-refractivity contribution < 1.29 is 14.3 Å². The Balaban J connectivity index is 2.28. The number of hydrogen-bond acceptors (Lipinski definition) is 1. The van der Waals surface area contributed by atoms with Gasteiger partial charge in [-0.05, 0) is 24.1 Å². The number of carbonyl (C=O) groups is 1. The molecule has 1 aromatic rings. The number of benzene rings is 1. The maximum absolute atomic E-state index is 12.6. The molecule has 68 valence electrons. The average Bonchev–Trinajstić information content (AvgIpc) is 2.83. The minimum Gasteiger partial charge on any atom is -0.478 e. The SMILES string of the molecule is O=C(O)c1cccc(C2CC2F)c1. The molecule has 3 heteroatoms. The summed E-state index contributed by atoms with van der Waals surface area (Å²) in [6.07, 6.45) is -0.243. The van der Waals surface area contributed by atoms with Gasteiger partial charge in [0.15, 0.2) is 0 Å². The van der Waals surface area contributed by atoms with Gasteiger partial charge in [-0.3, -0.25) is 0 Å². The highest BCUT2D eigenvalue weighted by atomic mass is 19.1. The van der Waals surface area contributed by atoms with Crippen LogP contribution in [0.15, 0.2) is 24.3 Å². The standard InChI is InChI=1S/C10H9FO2/c11-9-5-8(9)6-2-1-3-7(4-6)10(12)13/h1-4,8-9H,5H2,(H,12,13). The first kappa shape index (κ1) is 8.23. The van der Waals surface area contributed by atoms with Crippen LogP contribution in [0, 0.1) is 0 Å². The molecule has 13 heavy (non-hydrogen) atoms. The first-order chi connectivity index (χ1) is 6.18. The molecule has 2 nitrogen and oxygen atoms in total. The Kier molecular flexibility index (Phi) is 1.79. The van der Waals surface area contributed by atoms with Crippen molar-refractivity contribution in [3.63, 3.8) is 0 Å². The summed E-state index contributed by atoms with van der Waals surface area (Å²) in [5.41, 5.74) is 1.03. The number of aromatic carboxylic acids is 1. The Labute approximate surface area is 75.0 Å². The van der Waals surface area contributed by atoms with Gasteiger partial charge in [0, 0.05) is 5.92 Å². The third-order valence-electron chi connectivity index (χ3n) is 2.27. The van der Waals surface area contributed by atoms with Crippen molar-refractivity contribution in [2.75, 3.05) is 0 Å². The fourth-order valence-electron chi connectivity index (χ4n) is 1.41. The molecular weight excluding hydrogens is 171 g/mol. The smallest absolute Gasteiger partial charge is 0.335 e. The Morgan fingerprint density at radius 3 is 2.77 bits per heavy atom. The number of carboxylic acid groups (broad SMARTS) is 1. The number of alkyl halides is 1. The van der Waals surface area contributed by atoms with Gasteiger partial charge in [-0.1, -0.05) is 12.1 Å². The number of halogens is 1. The van der Waals surface area contributed by atoms with Gasteiger partial charge in [0.05, 0.1) is 5.56 Å². The number of rotatable bonds is 2. The third-order valence-corrected chi connectivity index (χ3v) is 2.27. The van der Waals surface area contributed by atoms with Gasteiger partial charge in [-0.25, -0.2) is 9.18 Å². The van der Waals surface area contributed by atoms with Crippen molar-refractivity contribution >= 4 is 5.97 Å². The first-order valence-electron chi connectivity index (χ1n) is 4.16. The van der Waals surface area contributed by atoms with Gasteiger partial charge in [-0.15, -0.1) is 0 Å². The molecule has 1 fully saturated rings. The van der Waals surface area contributed by atoms with E-state index >= 15 is 0 Å². The van der Waals surface area contributed by atoms with E-state index in [0.717, 1.165) is 5.56 Å². The van der Waals surface area contributed by atoms with Crippen LogP contribution < -0.4 is 0 Å². The largest absolute Gasteiger partial charge is 0.478 e. The van der Waals surface area contributed by atoms with Gasteiger partial charge in [0.1, 0.15) is 6.17 Å². The van der Waals surface area contributed by atoms with Crippen molar-refractivity contribution in [1.29, 1.82) is 0 Å². The second kappa shape index (κ2) is 2.83. The molecule has 1 saturated carbocycles. The molecule has 1 N–H and O–H groups in total. The molecule has 2 atom stereocenters. The van der Waals surface area contributed by atoms with E-state index in [1.807, 2.05) is 0 Å². The molecule has 0 heterocycles. The second-order valence-corrected chi connectivity index (χ2v) is 3.29. The minimum atomic E-state index is -0.960. The molecule has 0 saturated heterocycles. The van der Waals surface area contributed by atoms with Crippen molar-refractivity contribution in [1.82, 2.24) is 0 Å². The van der Waals surface area contributed by atoms with Crippen LogP contribution >= 0.6 is 0 Å². The lowest BCUT2D eigenvalue weighted by atomic mass is 10.1. The van der Waals surface area contributed by atoms with E-state index in [-0.39, 0.29) is 11.5 Å². The summed E-state index contributed by atoms with van der Waals surface area (Å²) >= 11 is 0. The van der Waals surface area contributed by atoms with Crippen LogP contribution in [0.25, 0.3) is 0 Å². The lowest BCUT2D eigenvalue weighted by Crippen LogP contribution is -1.96. The monoisotopic (exact) mass is 180 g/mol. The quantitative estimate of drug-likeness (QED) is 0.757. The zero-order chi connectivity index (χ0) is 9.42. The maximum Gasteiger partial charge on any atom is 0.335 e. The van der Waals surface area contributed by atoms with Crippen LogP contribution in [0.1, 0.15) is 28.3 Å². The summed E-state index contributed by atoms with van der Waals surface area (Å²) in [4.78, 5) is 10.6. The first-order valence-corrected chi connectivity index (χ1v) is 4.16. The zero-order valence-corrected chi connectivity index (χ0v) is 6.90. The van der Waals surface area contributed by atoms with Crippen LogP contribution in [-0.4, -0.2) is 17.2 Å². The molecule has 1 aliphatic carbocycles. The molecule has 2 unspecified atom stereocenters. The minimum absolute atomic E-state index is 0.0701. The van der Waals surface area contributed by atoms with Crippen LogP contribution in [-0.2, 0) is 0 Å². The Morgan fingerprint density at radius 2 is 2.23 bits per heavy atom. The average molecular weight is 180 g/mol. The topological polar surface area (TPSA) is 37.3 Å². The van der Waals surface area contributed by atoms with E-state index < -0.39 is 12.1 Å². The summed E-state index contributed by atoms with van der Waals surface area (Å²) < 4.78 is 12.6. The molecule has 0 aliphatic heterocycles. The highest BCUT2D eigenvalue weighted by Crippen LogP contribution is 2.43. The van der Waals surface area contributed by atoms with E-state index in [2.05, 4.69) is 0 Å². The molecular formula is C10H9FO2. The highest BCUT2D eigenvalue weighted by molar-refractivity contribution is 5.87. The van der Waals surface area contributed by atoms with Gasteiger partial charge in [0.25, 0.3) is 0 Å². The molecule has 0 amide bonds. The van der Waals surface area contributed by atoms with Crippen molar-refractivity contribution in [2.45, 2.75) is 18.5 Å². The normalized spacial score (nSPS) is 25.6. The Morgan fingerprint density at radius 1 is 1.54 bits per heavy atom. The predicted molar refractivity (Wildman–Crippen MR) is 45.7 cm³/mol. The fraction of sp³-hybridized carbons (Fsp3) is 0.300. The molecule has 0 radical (unpaired) electrons. The van der Waals surface area contributed by atoms with Gasteiger partial charge >= 0.3 is 5.97 Å². The molecule has 1 aliphatic rings. The van der Waals surface area contributed by atoms with Gasteiger partial charge in [0.2, 0.25) is 0 Å². The molecule has 0 aromatic heterocycles. The Bertz CT molecular complexity index is 349.